The predicted molar refractivity (Wildman–Crippen MR) is 141 cm³/mol. The van der Waals surface area contributed by atoms with E-state index in [1.54, 1.807) is 10.9 Å². The highest BCUT2D eigenvalue weighted by molar-refractivity contribution is 6.34. The summed E-state index contributed by atoms with van der Waals surface area (Å²) in [5.74, 6) is -0.167. The highest BCUT2D eigenvalue weighted by atomic mass is 35.5. The fourth-order valence-corrected chi connectivity index (χ4v) is 4.80. The minimum absolute atomic E-state index is 0.154. The Morgan fingerprint density at radius 1 is 1.14 bits per heavy atom. The maximum atomic E-state index is 13.4. The lowest BCUT2D eigenvalue weighted by atomic mass is 9.94. The van der Waals surface area contributed by atoms with E-state index >= 15 is 0 Å². The van der Waals surface area contributed by atoms with Crippen LogP contribution in [0, 0.1) is 5.92 Å². The number of alkyl halides is 3. The Balaban J connectivity index is 1.99. The number of hydrogen-bond donors (Lipinski definition) is 1. The standard InChI is InChI=1S/C28H34ClF3N4O/c1-6-19(7-2)16-35(4)18(3)26(21-11-8-10-20(14-21)22-15-33-36(5)17-22)34-27(37)23-12-9-13-24(25(23)29)28(30,31)32/h8-15,17-19,26H,6-7,16H2,1-5H3,(H,34,37). The molecule has 0 fully saturated rings. The van der Waals surface area contributed by atoms with E-state index in [0.29, 0.717) is 5.92 Å². The molecule has 0 aliphatic heterocycles. The lowest BCUT2D eigenvalue weighted by molar-refractivity contribution is -0.137. The molecule has 200 valence electrons. The van der Waals surface area contributed by atoms with Crippen molar-refractivity contribution in [3.05, 3.63) is 76.6 Å². The van der Waals surface area contributed by atoms with Gasteiger partial charge in [-0.25, -0.2) is 0 Å². The van der Waals surface area contributed by atoms with E-state index < -0.39 is 28.7 Å². The first-order chi connectivity index (χ1) is 17.5. The molecule has 2 unspecified atom stereocenters. The molecule has 0 aliphatic carbocycles. The third kappa shape index (κ3) is 6.93. The first-order valence-electron chi connectivity index (χ1n) is 12.4. The summed E-state index contributed by atoms with van der Waals surface area (Å²) in [5.41, 5.74) is 1.45. The molecule has 0 spiro atoms. The molecule has 1 aromatic heterocycles. The van der Waals surface area contributed by atoms with Gasteiger partial charge in [0.25, 0.3) is 5.91 Å². The van der Waals surface area contributed by atoms with Crippen molar-refractivity contribution >= 4 is 17.5 Å². The van der Waals surface area contributed by atoms with E-state index in [-0.39, 0.29) is 11.6 Å². The molecule has 1 amide bonds. The summed E-state index contributed by atoms with van der Waals surface area (Å²) in [5, 5.41) is 6.63. The number of nitrogens with zero attached hydrogens (tertiary/aromatic N) is 3. The van der Waals surface area contributed by atoms with Gasteiger partial charge in [0.05, 0.1) is 28.4 Å². The van der Waals surface area contributed by atoms with Gasteiger partial charge in [0.15, 0.2) is 0 Å². The number of carbonyl (C=O) groups excluding carboxylic acids is 1. The third-order valence-corrected chi connectivity index (χ3v) is 7.41. The monoisotopic (exact) mass is 534 g/mol. The first-order valence-corrected chi connectivity index (χ1v) is 12.8. The molecule has 9 heteroatoms. The number of halogens is 4. The van der Waals surface area contributed by atoms with Crippen LogP contribution >= 0.6 is 11.6 Å². The quantitative estimate of drug-likeness (QED) is 0.305. The summed E-state index contributed by atoms with van der Waals surface area (Å²) in [7, 11) is 3.84. The molecule has 5 nitrogen and oxygen atoms in total. The van der Waals surface area contributed by atoms with Gasteiger partial charge in [-0.05, 0) is 49.2 Å². The van der Waals surface area contributed by atoms with Crippen LogP contribution in [-0.2, 0) is 13.2 Å². The lowest BCUT2D eigenvalue weighted by Crippen LogP contribution is -2.44. The zero-order valence-corrected chi connectivity index (χ0v) is 22.6. The normalized spacial score (nSPS) is 13.7. The molecular weight excluding hydrogens is 501 g/mol. The molecule has 37 heavy (non-hydrogen) atoms. The predicted octanol–water partition coefficient (Wildman–Crippen LogP) is 6.99. The van der Waals surface area contributed by atoms with E-state index in [9.17, 15) is 18.0 Å². The molecule has 0 aliphatic rings. The van der Waals surface area contributed by atoms with Gasteiger partial charge < -0.3 is 10.2 Å². The number of benzene rings is 2. The average Bonchev–Trinajstić information content (AvgIpc) is 3.30. The van der Waals surface area contributed by atoms with Crippen LogP contribution < -0.4 is 5.32 Å². The number of rotatable bonds is 10. The minimum atomic E-state index is -4.66. The van der Waals surface area contributed by atoms with Gasteiger partial charge in [0.2, 0.25) is 0 Å². The van der Waals surface area contributed by atoms with Crippen molar-refractivity contribution in [1.82, 2.24) is 20.0 Å². The van der Waals surface area contributed by atoms with Crippen LogP contribution in [-0.4, -0.2) is 40.2 Å². The van der Waals surface area contributed by atoms with Gasteiger partial charge in [0, 0.05) is 31.4 Å². The van der Waals surface area contributed by atoms with Crippen molar-refractivity contribution in [2.45, 2.75) is 51.9 Å². The van der Waals surface area contributed by atoms with Crippen LogP contribution in [0.1, 0.15) is 61.1 Å². The second-order valence-corrected chi connectivity index (χ2v) is 9.88. The molecule has 2 atom stereocenters. The van der Waals surface area contributed by atoms with Gasteiger partial charge in [-0.2, -0.15) is 18.3 Å². The van der Waals surface area contributed by atoms with E-state index in [1.807, 2.05) is 51.5 Å². The molecule has 0 saturated carbocycles. The maximum Gasteiger partial charge on any atom is 0.417 e. The summed E-state index contributed by atoms with van der Waals surface area (Å²) < 4.78 is 42.0. The van der Waals surface area contributed by atoms with Gasteiger partial charge in [-0.15, -0.1) is 0 Å². The van der Waals surface area contributed by atoms with Crippen molar-refractivity contribution in [3.8, 4) is 11.1 Å². The van der Waals surface area contributed by atoms with Crippen LogP contribution in [0.4, 0.5) is 13.2 Å². The topological polar surface area (TPSA) is 50.2 Å². The molecular formula is C28H34ClF3N4O. The fraction of sp³-hybridized carbons (Fsp3) is 0.429. The second kappa shape index (κ2) is 12.1. The van der Waals surface area contributed by atoms with Crippen LogP contribution in [0.2, 0.25) is 5.02 Å². The summed E-state index contributed by atoms with van der Waals surface area (Å²) in [6.07, 6.45) is 1.06. The number of nitrogens with one attached hydrogen (secondary N) is 1. The largest absolute Gasteiger partial charge is 0.417 e. The Hall–Kier alpha value is -2.84. The first kappa shape index (κ1) is 28.7. The molecule has 0 bridgehead atoms. The van der Waals surface area contributed by atoms with Gasteiger partial charge in [-0.1, -0.05) is 62.6 Å². The van der Waals surface area contributed by atoms with Gasteiger partial charge in [-0.3, -0.25) is 9.48 Å². The zero-order chi connectivity index (χ0) is 27.3. The van der Waals surface area contributed by atoms with E-state index in [2.05, 4.69) is 29.2 Å². The number of carbonyl (C=O) groups is 1. The SMILES string of the molecule is CCC(CC)CN(C)C(C)C(NC(=O)c1cccc(C(F)(F)F)c1Cl)c1cccc(-c2cnn(C)c2)c1. The third-order valence-electron chi connectivity index (χ3n) is 7.00. The highest BCUT2D eigenvalue weighted by Crippen LogP contribution is 2.36. The zero-order valence-electron chi connectivity index (χ0n) is 21.8. The van der Waals surface area contributed by atoms with Crippen LogP contribution in [0.5, 0.6) is 0 Å². The van der Waals surface area contributed by atoms with Gasteiger partial charge >= 0.3 is 6.18 Å². The Morgan fingerprint density at radius 3 is 2.41 bits per heavy atom. The second-order valence-electron chi connectivity index (χ2n) is 9.51. The summed E-state index contributed by atoms with van der Waals surface area (Å²) in [6.45, 7) is 7.14. The molecule has 3 aromatic rings. The van der Waals surface area contributed by atoms with Gasteiger partial charge in [0.1, 0.15) is 0 Å². The number of aromatic nitrogens is 2. The molecule has 3 rings (SSSR count). The van der Waals surface area contributed by atoms with E-state index in [4.69, 9.17) is 11.6 Å². The summed E-state index contributed by atoms with van der Waals surface area (Å²) >= 11 is 6.07. The molecule has 0 radical (unpaired) electrons. The number of aryl methyl sites for hydroxylation is 1. The average molecular weight is 535 g/mol. The molecule has 1 N–H and O–H groups in total. The summed E-state index contributed by atoms with van der Waals surface area (Å²) in [4.78, 5) is 15.5. The number of hydrogen-bond acceptors (Lipinski definition) is 3. The van der Waals surface area contributed by atoms with Crippen molar-refractivity contribution < 1.29 is 18.0 Å². The maximum absolute atomic E-state index is 13.4. The molecule has 1 heterocycles. The Bertz CT molecular complexity index is 1210. The van der Waals surface area contributed by atoms with E-state index in [0.717, 1.165) is 42.1 Å². The molecule has 2 aromatic carbocycles. The van der Waals surface area contributed by atoms with E-state index in [1.165, 1.54) is 12.1 Å². The van der Waals surface area contributed by atoms with Crippen LogP contribution in [0.15, 0.2) is 54.9 Å². The van der Waals surface area contributed by atoms with Crippen molar-refractivity contribution in [3.63, 3.8) is 0 Å². The Kier molecular flexibility index (Phi) is 9.42. The smallest absolute Gasteiger partial charge is 0.344 e. The summed E-state index contributed by atoms with van der Waals surface area (Å²) in [6, 6.07) is 10.5. The van der Waals surface area contributed by atoms with Crippen molar-refractivity contribution in [1.29, 1.82) is 0 Å². The van der Waals surface area contributed by atoms with Crippen LogP contribution in [0.25, 0.3) is 11.1 Å². The lowest BCUT2D eigenvalue weighted by Gasteiger charge is -2.35. The number of amides is 1. The minimum Gasteiger partial charge on any atom is -0.344 e. The Labute approximate surface area is 221 Å². The Morgan fingerprint density at radius 2 is 1.81 bits per heavy atom. The highest BCUT2D eigenvalue weighted by Gasteiger charge is 2.35. The van der Waals surface area contributed by atoms with Crippen LogP contribution in [0.3, 0.4) is 0 Å². The van der Waals surface area contributed by atoms with Crippen molar-refractivity contribution in [2.24, 2.45) is 13.0 Å². The fourth-order valence-electron chi connectivity index (χ4n) is 4.48. The number of likely N-dealkylation sites (N-methyl/N-ethyl adjacent to an activating group) is 1. The molecule has 0 saturated heterocycles. The van der Waals surface area contributed by atoms with Crippen molar-refractivity contribution in [2.75, 3.05) is 13.6 Å².